The number of amidine groups is 1. The molecule has 1 heterocycles. The van der Waals surface area contributed by atoms with Crippen LogP contribution in [-0.4, -0.2) is 37.2 Å². The Hall–Kier alpha value is -0.220. The number of aliphatic imine (C=N–C) groups is 1. The van der Waals surface area contributed by atoms with Crippen LogP contribution in [-0.2, 0) is 4.74 Å². The lowest BCUT2D eigenvalue weighted by atomic mass is 9.86. The van der Waals surface area contributed by atoms with Gasteiger partial charge in [-0.2, -0.15) is 0 Å². The molecule has 0 aromatic rings. The Morgan fingerprint density at radius 3 is 3.12 bits per heavy atom. The molecular weight excluding hydrogens is 232 g/mol. The number of thioether (sulfide) groups is 1. The van der Waals surface area contributed by atoms with Gasteiger partial charge in [0.25, 0.3) is 0 Å². The van der Waals surface area contributed by atoms with E-state index in [1.54, 1.807) is 7.11 Å². The van der Waals surface area contributed by atoms with E-state index in [4.69, 9.17) is 4.74 Å². The third kappa shape index (κ3) is 3.88. The van der Waals surface area contributed by atoms with Gasteiger partial charge in [-0.25, -0.2) is 0 Å². The molecule has 3 atom stereocenters. The topological polar surface area (TPSA) is 33.6 Å². The average Bonchev–Trinajstić information content (AvgIpc) is 2.36. The second kappa shape index (κ2) is 6.64. The minimum Gasteiger partial charge on any atom is -0.384 e. The van der Waals surface area contributed by atoms with Crippen LogP contribution >= 0.6 is 11.8 Å². The van der Waals surface area contributed by atoms with Crippen LogP contribution in [0.5, 0.6) is 0 Å². The summed E-state index contributed by atoms with van der Waals surface area (Å²) in [7, 11) is 1.75. The number of ether oxygens (including phenoxy) is 1. The third-order valence-corrected chi connectivity index (χ3v) is 4.77. The second-order valence-corrected chi connectivity index (χ2v) is 6.32. The first-order valence-corrected chi connectivity index (χ1v) is 7.71. The normalized spacial score (nSPS) is 32.9. The van der Waals surface area contributed by atoms with E-state index in [0.29, 0.717) is 12.0 Å². The van der Waals surface area contributed by atoms with Crippen molar-refractivity contribution in [3.63, 3.8) is 0 Å². The maximum atomic E-state index is 5.13. The summed E-state index contributed by atoms with van der Waals surface area (Å²) in [6, 6.07) is 0.696. The van der Waals surface area contributed by atoms with Crippen molar-refractivity contribution in [3.8, 4) is 0 Å². The molecule has 0 bridgehead atoms. The quantitative estimate of drug-likeness (QED) is 0.839. The Morgan fingerprint density at radius 1 is 1.47 bits per heavy atom. The van der Waals surface area contributed by atoms with Gasteiger partial charge in [0.15, 0.2) is 5.17 Å². The van der Waals surface area contributed by atoms with E-state index in [-0.39, 0.29) is 0 Å². The monoisotopic (exact) mass is 256 g/mol. The largest absolute Gasteiger partial charge is 0.384 e. The SMILES string of the molecule is COCC(C)CN=C1NC2CCCCC2CS1. The fraction of sp³-hybridized carbons (Fsp3) is 0.923. The van der Waals surface area contributed by atoms with Gasteiger partial charge in [-0.3, -0.25) is 4.99 Å². The van der Waals surface area contributed by atoms with Crippen LogP contribution in [0.2, 0.25) is 0 Å². The molecule has 17 heavy (non-hydrogen) atoms. The number of nitrogens with one attached hydrogen (secondary N) is 1. The molecule has 1 saturated heterocycles. The van der Waals surface area contributed by atoms with Crippen molar-refractivity contribution in [3.05, 3.63) is 0 Å². The molecule has 1 aliphatic carbocycles. The summed E-state index contributed by atoms with van der Waals surface area (Å²) >= 11 is 1.91. The summed E-state index contributed by atoms with van der Waals surface area (Å²) in [5.74, 6) is 2.65. The Labute approximate surface area is 109 Å². The van der Waals surface area contributed by atoms with Crippen molar-refractivity contribution in [2.45, 2.75) is 38.6 Å². The Balaban J connectivity index is 1.80. The minimum absolute atomic E-state index is 0.513. The average molecular weight is 256 g/mol. The first-order chi connectivity index (χ1) is 8.29. The van der Waals surface area contributed by atoms with Crippen LogP contribution in [0.15, 0.2) is 4.99 Å². The highest BCUT2D eigenvalue weighted by Crippen LogP contribution is 2.31. The molecule has 0 radical (unpaired) electrons. The predicted molar refractivity (Wildman–Crippen MR) is 74.7 cm³/mol. The number of hydrogen-bond acceptors (Lipinski definition) is 3. The molecule has 98 valence electrons. The summed E-state index contributed by atoms with van der Waals surface area (Å²) in [6.45, 7) is 3.86. The maximum absolute atomic E-state index is 5.13. The van der Waals surface area contributed by atoms with Crippen molar-refractivity contribution in [1.82, 2.24) is 5.32 Å². The van der Waals surface area contributed by atoms with Crippen molar-refractivity contribution in [2.75, 3.05) is 26.0 Å². The molecule has 2 fully saturated rings. The number of fused-ring (bicyclic) bond motifs is 1. The molecule has 3 nitrogen and oxygen atoms in total. The lowest BCUT2D eigenvalue weighted by molar-refractivity contribution is 0.163. The minimum atomic E-state index is 0.513. The second-order valence-electron chi connectivity index (χ2n) is 5.31. The molecule has 0 aromatic heterocycles. The van der Waals surface area contributed by atoms with Crippen molar-refractivity contribution < 1.29 is 4.74 Å². The van der Waals surface area contributed by atoms with Crippen LogP contribution in [0.25, 0.3) is 0 Å². The molecule has 0 spiro atoms. The van der Waals surface area contributed by atoms with E-state index < -0.39 is 0 Å². The fourth-order valence-electron chi connectivity index (χ4n) is 2.65. The molecule has 1 N–H and O–H groups in total. The number of rotatable bonds is 4. The molecular formula is C13H24N2OS. The van der Waals surface area contributed by atoms with Gasteiger partial charge in [0.1, 0.15) is 0 Å². The maximum Gasteiger partial charge on any atom is 0.156 e. The van der Waals surface area contributed by atoms with Gasteiger partial charge < -0.3 is 10.1 Å². The van der Waals surface area contributed by atoms with E-state index in [1.165, 1.54) is 31.4 Å². The molecule has 2 rings (SSSR count). The highest BCUT2D eigenvalue weighted by Gasteiger charge is 2.30. The van der Waals surface area contributed by atoms with Gasteiger partial charge in [-0.1, -0.05) is 31.5 Å². The zero-order chi connectivity index (χ0) is 12.1. The molecule has 0 aromatic carbocycles. The fourth-order valence-corrected chi connectivity index (χ4v) is 3.82. The first-order valence-electron chi connectivity index (χ1n) is 6.72. The first kappa shape index (κ1) is 13.2. The summed E-state index contributed by atoms with van der Waals surface area (Å²) in [5.41, 5.74) is 0. The highest BCUT2D eigenvalue weighted by molar-refractivity contribution is 8.13. The molecule has 0 amide bonds. The van der Waals surface area contributed by atoms with E-state index in [0.717, 1.165) is 24.2 Å². The summed E-state index contributed by atoms with van der Waals surface area (Å²) in [5, 5.41) is 4.79. The number of methoxy groups -OCH3 is 1. The van der Waals surface area contributed by atoms with Crippen LogP contribution in [0.1, 0.15) is 32.6 Å². The third-order valence-electron chi connectivity index (χ3n) is 3.65. The predicted octanol–water partition coefficient (Wildman–Crippen LogP) is 2.52. The molecule has 4 heteroatoms. The van der Waals surface area contributed by atoms with Gasteiger partial charge in [0, 0.05) is 25.4 Å². The summed E-state index contributed by atoms with van der Waals surface area (Å²) < 4.78 is 5.13. The van der Waals surface area contributed by atoms with Crippen LogP contribution in [0.4, 0.5) is 0 Å². The molecule has 2 aliphatic rings. The Bertz CT molecular complexity index is 270. The van der Waals surface area contributed by atoms with Crippen LogP contribution in [0.3, 0.4) is 0 Å². The van der Waals surface area contributed by atoms with Crippen molar-refractivity contribution in [1.29, 1.82) is 0 Å². The Kier molecular flexibility index (Phi) is 5.16. The van der Waals surface area contributed by atoms with Gasteiger partial charge in [-0.05, 0) is 24.7 Å². The van der Waals surface area contributed by atoms with Crippen LogP contribution < -0.4 is 5.32 Å². The number of hydrogen-bond donors (Lipinski definition) is 1. The van der Waals surface area contributed by atoms with E-state index in [1.807, 2.05) is 11.8 Å². The smallest absolute Gasteiger partial charge is 0.156 e. The lowest BCUT2D eigenvalue weighted by Crippen LogP contribution is -2.46. The van der Waals surface area contributed by atoms with Crippen molar-refractivity contribution >= 4 is 16.9 Å². The van der Waals surface area contributed by atoms with Crippen LogP contribution in [0, 0.1) is 11.8 Å². The van der Waals surface area contributed by atoms with Gasteiger partial charge in [0.2, 0.25) is 0 Å². The van der Waals surface area contributed by atoms with Crippen molar-refractivity contribution in [2.24, 2.45) is 16.8 Å². The van der Waals surface area contributed by atoms with Gasteiger partial charge >= 0.3 is 0 Å². The van der Waals surface area contributed by atoms with Gasteiger partial charge in [0.05, 0.1) is 6.61 Å². The van der Waals surface area contributed by atoms with E-state index in [9.17, 15) is 0 Å². The summed E-state index contributed by atoms with van der Waals surface area (Å²) in [6.07, 6.45) is 5.53. The zero-order valence-electron chi connectivity index (χ0n) is 10.9. The molecule has 1 aliphatic heterocycles. The zero-order valence-corrected chi connectivity index (χ0v) is 11.8. The molecule has 3 unspecified atom stereocenters. The van der Waals surface area contributed by atoms with Gasteiger partial charge in [-0.15, -0.1) is 0 Å². The molecule has 1 saturated carbocycles. The summed E-state index contributed by atoms with van der Waals surface area (Å²) in [4.78, 5) is 4.68. The van der Waals surface area contributed by atoms with E-state index >= 15 is 0 Å². The number of nitrogens with zero attached hydrogens (tertiary/aromatic N) is 1. The highest BCUT2D eigenvalue weighted by atomic mass is 32.2. The lowest BCUT2D eigenvalue weighted by Gasteiger charge is -2.37. The standard InChI is InChI=1S/C13H24N2OS/c1-10(8-16-2)7-14-13-15-12-6-4-3-5-11(12)9-17-13/h10-12H,3-9H2,1-2H3,(H,14,15). The Morgan fingerprint density at radius 2 is 2.29 bits per heavy atom. The van der Waals surface area contributed by atoms with E-state index in [2.05, 4.69) is 17.2 Å².